The van der Waals surface area contributed by atoms with Gasteiger partial charge in [-0.2, -0.15) is 0 Å². The highest BCUT2D eigenvalue weighted by Crippen LogP contribution is 2.33. The van der Waals surface area contributed by atoms with Crippen LogP contribution in [0.25, 0.3) is 0 Å². The first-order chi connectivity index (χ1) is 6.45. The fraction of sp³-hybridized carbons (Fsp3) is 0.143. The first-order valence-corrected chi connectivity index (χ1v) is 4.54. The molecular weight excluding hydrogens is 281 g/mol. The summed E-state index contributed by atoms with van der Waals surface area (Å²) in [6, 6.07) is 0. The van der Waals surface area contributed by atoms with Gasteiger partial charge in [-0.15, -0.1) is 0 Å². The molecule has 0 fully saturated rings. The quantitative estimate of drug-likeness (QED) is 0.850. The zero-order valence-electron chi connectivity index (χ0n) is 6.60. The molecule has 2 N–H and O–H groups in total. The second kappa shape index (κ2) is 4.18. The van der Waals surface area contributed by atoms with Gasteiger partial charge >= 0.3 is 0 Å². The number of anilines is 1. The molecular formula is C7H4BrClF2N2O. The van der Waals surface area contributed by atoms with Gasteiger partial charge in [-0.3, -0.25) is 4.79 Å². The van der Waals surface area contributed by atoms with Crippen molar-refractivity contribution < 1.29 is 13.6 Å². The summed E-state index contributed by atoms with van der Waals surface area (Å²) in [6.07, 6.45) is -1.91. The van der Waals surface area contributed by atoms with E-state index in [1.807, 2.05) is 0 Å². The average molecular weight is 285 g/mol. The third-order valence-corrected chi connectivity index (χ3v) is 2.55. The zero-order chi connectivity index (χ0) is 10.9. The number of alkyl halides is 2. The van der Waals surface area contributed by atoms with Crippen LogP contribution in [0.15, 0.2) is 10.7 Å². The van der Waals surface area contributed by atoms with Crippen molar-refractivity contribution in [3.63, 3.8) is 0 Å². The maximum atomic E-state index is 12.5. The lowest BCUT2D eigenvalue weighted by Gasteiger charge is -2.08. The summed E-state index contributed by atoms with van der Waals surface area (Å²) in [5.41, 5.74) is 4.41. The van der Waals surface area contributed by atoms with Crippen LogP contribution in [0, 0.1) is 0 Å². The molecule has 0 aliphatic rings. The number of nitrogens with two attached hydrogens (primary N) is 1. The van der Waals surface area contributed by atoms with Crippen LogP contribution in [0.2, 0.25) is 0 Å². The maximum absolute atomic E-state index is 12.5. The molecule has 0 saturated carbocycles. The van der Waals surface area contributed by atoms with E-state index in [1.54, 1.807) is 0 Å². The molecule has 1 aromatic heterocycles. The molecule has 7 heteroatoms. The second-order valence-corrected chi connectivity index (χ2v) is 3.50. The summed E-state index contributed by atoms with van der Waals surface area (Å²) in [4.78, 5) is 14.3. The fourth-order valence-corrected chi connectivity index (χ4v) is 1.53. The molecule has 0 aliphatic heterocycles. The molecule has 0 aliphatic carbocycles. The topological polar surface area (TPSA) is 56.0 Å². The standard InChI is InChI=1S/C7H4BrClF2N2O/c8-4-3(6(10)11)2(5(9)14)1-13-7(4)12/h1,6H,(H2,12,13). The Bertz CT molecular complexity index is 386. The van der Waals surface area contributed by atoms with E-state index in [2.05, 4.69) is 20.9 Å². The molecule has 0 bridgehead atoms. The third-order valence-electron chi connectivity index (χ3n) is 1.51. The largest absolute Gasteiger partial charge is 0.383 e. The number of aromatic nitrogens is 1. The number of halogens is 4. The van der Waals surface area contributed by atoms with Crippen molar-refractivity contribution in [3.05, 3.63) is 21.8 Å². The van der Waals surface area contributed by atoms with E-state index in [-0.39, 0.29) is 15.9 Å². The predicted octanol–water partition coefficient (Wildman–Crippen LogP) is 2.74. The van der Waals surface area contributed by atoms with Crippen LogP contribution in [-0.2, 0) is 0 Å². The van der Waals surface area contributed by atoms with E-state index in [0.29, 0.717) is 0 Å². The molecule has 76 valence electrons. The van der Waals surface area contributed by atoms with Gasteiger partial charge in [-0.05, 0) is 27.5 Å². The monoisotopic (exact) mass is 284 g/mol. The van der Waals surface area contributed by atoms with E-state index in [9.17, 15) is 13.6 Å². The molecule has 0 aromatic carbocycles. The molecule has 14 heavy (non-hydrogen) atoms. The summed E-state index contributed by atoms with van der Waals surface area (Å²) >= 11 is 7.92. The van der Waals surface area contributed by atoms with Crippen LogP contribution in [-0.4, -0.2) is 10.2 Å². The third kappa shape index (κ3) is 2.01. The lowest BCUT2D eigenvalue weighted by atomic mass is 10.1. The smallest absolute Gasteiger partial charge is 0.265 e. The minimum Gasteiger partial charge on any atom is -0.383 e. The number of carbonyl (C=O) groups is 1. The lowest BCUT2D eigenvalue weighted by molar-refractivity contribution is 0.106. The van der Waals surface area contributed by atoms with Crippen LogP contribution >= 0.6 is 27.5 Å². The number of pyridine rings is 1. The van der Waals surface area contributed by atoms with Gasteiger partial charge in [0, 0.05) is 11.8 Å². The fourth-order valence-electron chi connectivity index (χ4n) is 0.886. The van der Waals surface area contributed by atoms with Crippen LogP contribution < -0.4 is 5.73 Å². The van der Waals surface area contributed by atoms with Gasteiger partial charge in [0.1, 0.15) is 5.82 Å². The Labute approximate surface area is 91.4 Å². The van der Waals surface area contributed by atoms with Crippen molar-refractivity contribution in [2.75, 3.05) is 5.73 Å². The first kappa shape index (κ1) is 11.3. The van der Waals surface area contributed by atoms with Crippen molar-refractivity contribution in [1.29, 1.82) is 0 Å². The molecule has 0 saturated heterocycles. The Hall–Kier alpha value is -0.750. The van der Waals surface area contributed by atoms with Crippen LogP contribution in [0.5, 0.6) is 0 Å². The van der Waals surface area contributed by atoms with E-state index in [1.165, 1.54) is 0 Å². The van der Waals surface area contributed by atoms with Crippen LogP contribution in [0.4, 0.5) is 14.6 Å². The van der Waals surface area contributed by atoms with Crippen LogP contribution in [0.3, 0.4) is 0 Å². The van der Waals surface area contributed by atoms with Crippen LogP contribution in [0.1, 0.15) is 22.3 Å². The first-order valence-electron chi connectivity index (χ1n) is 3.37. The van der Waals surface area contributed by atoms with Gasteiger partial charge in [0.15, 0.2) is 0 Å². The van der Waals surface area contributed by atoms with Gasteiger partial charge in [-0.1, -0.05) is 0 Å². The second-order valence-electron chi connectivity index (χ2n) is 2.36. The van der Waals surface area contributed by atoms with Gasteiger partial charge in [-0.25, -0.2) is 13.8 Å². The molecule has 0 atom stereocenters. The summed E-state index contributed by atoms with van der Waals surface area (Å²) in [7, 11) is 0. The average Bonchev–Trinajstić information content (AvgIpc) is 2.08. The molecule has 1 rings (SSSR count). The normalized spacial score (nSPS) is 10.6. The Morgan fingerprint density at radius 1 is 1.64 bits per heavy atom. The van der Waals surface area contributed by atoms with E-state index in [4.69, 9.17) is 17.3 Å². The van der Waals surface area contributed by atoms with Gasteiger partial charge in [0.2, 0.25) is 0 Å². The van der Waals surface area contributed by atoms with E-state index in [0.717, 1.165) is 6.20 Å². The Balaban J connectivity index is 3.45. The minimum atomic E-state index is -2.84. The highest BCUT2D eigenvalue weighted by Gasteiger charge is 2.22. The SMILES string of the molecule is Nc1ncc(C(=O)Cl)c(C(F)F)c1Br. The Morgan fingerprint density at radius 2 is 2.21 bits per heavy atom. The molecule has 0 radical (unpaired) electrons. The molecule has 1 heterocycles. The lowest BCUT2D eigenvalue weighted by Crippen LogP contribution is -2.04. The highest BCUT2D eigenvalue weighted by molar-refractivity contribution is 9.10. The molecule has 0 spiro atoms. The van der Waals surface area contributed by atoms with Crippen molar-refractivity contribution in [1.82, 2.24) is 4.98 Å². The summed E-state index contributed by atoms with van der Waals surface area (Å²) in [5, 5.41) is -0.992. The van der Waals surface area contributed by atoms with Gasteiger partial charge in [0.05, 0.1) is 10.0 Å². The summed E-state index contributed by atoms with van der Waals surface area (Å²) in [6.45, 7) is 0. The minimum absolute atomic E-state index is 0.0981. The Kier molecular flexibility index (Phi) is 3.38. The predicted molar refractivity (Wildman–Crippen MR) is 51.5 cm³/mol. The number of carbonyl (C=O) groups excluding carboxylic acids is 1. The van der Waals surface area contributed by atoms with Crippen molar-refractivity contribution in [3.8, 4) is 0 Å². The van der Waals surface area contributed by atoms with Gasteiger partial charge in [0.25, 0.3) is 11.7 Å². The number of rotatable bonds is 2. The number of hydrogen-bond acceptors (Lipinski definition) is 3. The zero-order valence-corrected chi connectivity index (χ0v) is 8.94. The number of hydrogen-bond donors (Lipinski definition) is 1. The maximum Gasteiger partial charge on any atom is 0.265 e. The summed E-state index contributed by atoms with van der Waals surface area (Å²) in [5.74, 6) is -0.109. The molecule has 0 amide bonds. The highest BCUT2D eigenvalue weighted by atomic mass is 79.9. The van der Waals surface area contributed by atoms with Crippen molar-refractivity contribution >= 4 is 38.6 Å². The molecule has 3 nitrogen and oxygen atoms in total. The molecule has 1 aromatic rings. The number of nitrogen functional groups attached to an aromatic ring is 1. The van der Waals surface area contributed by atoms with Crippen molar-refractivity contribution in [2.24, 2.45) is 0 Å². The number of nitrogens with zero attached hydrogens (tertiary/aromatic N) is 1. The van der Waals surface area contributed by atoms with E-state index >= 15 is 0 Å². The Morgan fingerprint density at radius 3 is 2.64 bits per heavy atom. The molecule has 0 unspecified atom stereocenters. The van der Waals surface area contributed by atoms with E-state index < -0.39 is 17.2 Å². The van der Waals surface area contributed by atoms with Crippen molar-refractivity contribution in [2.45, 2.75) is 6.43 Å². The summed E-state index contributed by atoms with van der Waals surface area (Å²) < 4.78 is 24.9. The van der Waals surface area contributed by atoms with Gasteiger partial charge < -0.3 is 5.73 Å².